The zero-order chi connectivity index (χ0) is 22.1. The highest BCUT2D eigenvalue weighted by Gasteiger charge is 2.12. The molecule has 0 saturated carbocycles. The van der Waals surface area contributed by atoms with Crippen LogP contribution >= 0.6 is 15.9 Å². The van der Waals surface area contributed by atoms with Gasteiger partial charge in [0.25, 0.3) is 0 Å². The summed E-state index contributed by atoms with van der Waals surface area (Å²) in [6.45, 7) is 4.04. The summed E-state index contributed by atoms with van der Waals surface area (Å²) >= 11 is 3.39. The second-order valence-corrected chi connectivity index (χ2v) is 7.20. The number of amides is 2. The summed E-state index contributed by atoms with van der Waals surface area (Å²) in [4.78, 5) is 24.0. The number of hydrogen-bond donors (Lipinski definition) is 2. The molecule has 0 aliphatic heterocycles. The predicted octanol–water partition coefficient (Wildman–Crippen LogP) is 3.57. The Balaban J connectivity index is 1.93. The lowest BCUT2D eigenvalue weighted by molar-refractivity contribution is -0.126. The minimum absolute atomic E-state index is 0.0999. The van der Waals surface area contributed by atoms with E-state index >= 15 is 0 Å². The number of terminal acetylenes is 1. The Bertz CT molecular complexity index is 1010. The van der Waals surface area contributed by atoms with Gasteiger partial charge in [-0.1, -0.05) is 12.0 Å². The number of methoxy groups -OCH3 is 1. The van der Waals surface area contributed by atoms with Gasteiger partial charge in [-0.3, -0.25) is 9.59 Å². The molecule has 8 heteroatoms. The SMILES string of the molecule is C#CCOc1c(Br)cc(C=NNC(=O)CC(=O)Nc2ccc(C)c(C)c2)cc1OC. The fourth-order valence-corrected chi connectivity index (χ4v) is 3.03. The zero-order valence-corrected chi connectivity index (χ0v) is 18.5. The number of ether oxygens (including phenoxy) is 2. The number of nitrogens with zero attached hydrogens (tertiary/aromatic N) is 1. The number of carbonyl (C=O) groups is 2. The van der Waals surface area contributed by atoms with Gasteiger partial charge in [-0.2, -0.15) is 5.10 Å². The van der Waals surface area contributed by atoms with E-state index in [1.165, 1.54) is 13.3 Å². The van der Waals surface area contributed by atoms with Crippen LogP contribution < -0.4 is 20.2 Å². The number of halogens is 1. The summed E-state index contributed by atoms with van der Waals surface area (Å²) in [6, 6.07) is 8.96. The number of aryl methyl sites for hydroxylation is 2. The molecule has 156 valence electrons. The van der Waals surface area contributed by atoms with E-state index in [-0.39, 0.29) is 13.0 Å². The van der Waals surface area contributed by atoms with E-state index in [4.69, 9.17) is 15.9 Å². The first-order valence-electron chi connectivity index (χ1n) is 8.96. The van der Waals surface area contributed by atoms with E-state index in [9.17, 15) is 9.59 Å². The molecular formula is C22H22BrN3O4. The Labute approximate surface area is 184 Å². The van der Waals surface area contributed by atoms with Crippen molar-refractivity contribution in [2.24, 2.45) is 5.10 Å². The molecule has 2 amide bonds. The molecule has 0 heterocycles. The Hall–Kier alpha value is -3.31. The summed E-state index contributed by atoms with van der Waals surface area (Å²) in [5.74, 6) is 2.36. The highest BCUT2D eigenvalue weighted by Crippen LogP contribution is 2.36. The third kappa shape index (κ3) is 6.64. The number of hydrogen-bond acceptors (Lipinski definition) is 5. The molecule has 0 saturated heterocycles. The third-order valence-corrected chi connectivity index (χ3v) is 4.66. The molecule has 0 bridgehead atoms. The Morgan fingerprint density at radius 1 is 1.20 bits per heavy atom. The quantitative estimate of drug-likeness (QED) is 0.266. The van der Waals surface area contributed by atoms with Gasteiger partial charge in [-0.25, -0.2) is 5.43 Å². The number of carbonyl (C=O) groups excluding carboxylic acids is 2. The van der Waals surface area contributed by atoms with Crippen molar-refractivity contribution in [3.63, 3.8) is 0 Å². The largest absolute Gasteiger partial charge is 0.493 e. The molecule has 0 aromatic heterocycles. The van der Waals surface area contributed by atoms with Gasteiger partial charge in [0.15, 0.2) is 11.5 Å². The molecule has 0 aliphatic rings. The summed E-state index contributed by atoms with van der Waals surface area (Å²) in [6.07, 6.45) is 6.29. The monoisotopic (exact) mass is 471 g/mol. The summed E-state index contributed by atoms with van der Waals surface area (Å²) < 4.78 is 11.4. The van der Waals surface area contributed by atoms with Crippen LogP contribution in [0.25, 0.3) is 0 Å². The van der Waals surface area contributed by atoms with Crippen molar-refractivity contribution in [2.75, 3.05) is 19.0 Å². The van der Waals surface area contributed by atoms with E-state index in [1.807, 2.05) is 26.0 Å². The maximum Gasteiger partial charge on any atom is 0.249 e. The molecule has 0 fully saturated rings. The summed E-state index contributed by atoms with van der Waals surface area (Å²) in [7, 11) is 1.50. The number of anilines is 1. The molecule has 0 spiro atoms. The van der Waals surface area contributed by atoms with Crippen molar-refractivity contribution in [2.45, 2.75) is 20.3 Å². The van der Waals surface area contributed by atoms with E-state index in [2.05, 4.69) is 37.7 Å². The molecule has 2 aromatic rings. The second-order valence-electron chi connectivity index (χ2n) is 6.34. The molecule has 0 atom stereocenters. The van der Waals surface area contributed by atoms with Crippen LogP contribution in [0, 0.1) is 26.2 Å². The fraction of sp³-hybridized carbons (Fsp3) is 0.227. The van der Waals surface area contributed by atoms with E-state index in [1.54, 1.807) is 18.2 Å². The van der Waals surface area contributed by atoms with Crippen molar-refractivity contribution in [1.29, 1.82) is 0 Å². The summed E-state index contributed by atoms with van der Waals surface area (Å²) in [5, 5.41) is 6.57. The van der Waals surface area contributed by atoms with Crippen LogP contribution in [0.4, 0.5) is 5.69 Å². The zero-order valence-electron chi connectivity index (χ0n) is 16.9. The van der Waals surface area contributed by atoms with Crippen LogP contribution in [0.15, 0.2) is 39.9 Å². The van der Waals surface area contributed by atoms with Crippen LogP contribution in [0.3, 0.4) is 0 Å². The molecule has 7 nitrogen and oxygen atoms in total. The van der Waals surface area contributed by atoms with Gasteiger partial charge >= 0.3 is 0 Å². The Morgan fingerprint density at radius 3 is 2.63 bits per heavy atom. The first-order chi connectivity index (χ1) is 14.3. The van der Waals surface area contributed by atoms with Crippen molar-refractivity contribution in [3.05, 3.63) is 51.5 Å². The lowest BCUT2D eigenvalue weighted by Crippen LogP contribution is -2.24. The van der Waals surface area contributed by atoms with Crippen LogP contribution in [0.2, 0.25) is 0 Å². The van der Waals surface area contributed by atoms with Gasteiger partial charge in [0.1, 0.15) is 13.0 Å². The standard InChI is InChI=1S/C22H22BrN3O4/c1-5-8-30-22-18(23)10-16(11-19(22)29-4)13-24-26-21(28)12-20(27)25-17-7-6-14(2)15(3)9-17/h1,6-7,9-11,13H,8,12H2,2-4H3,(H,25,27)(H,26,28). The minimum atomic E-state index is -0.535. The minimum Gasteiger partial charge on any atom is -0.493 e. The van der Waals surface area contributed by atoms with Crippen LogP contribution in [-0.4, -0.2) is 31.7 Å². The molecular weight excluding hydrogens is 450 g/mol. The van der Waals surface area contributed by atoms with E-state index < -0.39 is 11.8 Å². The maximum atomic E-state index is 12.0. The van der Waals surface area contributed by atoms with Gasteiger partial charge in [0, 0.05) is 5.69 Å². The molecule has 2 N–H and O–H groups in total. The topological polar surface area (TPSA) is 89.0 Å². The molecule has 2 rings (SSSR count). The third-order valence-electron chi connectivity index (χ3n) is 4.07. The normalized spacial score (nSPS) is 10.4. The fourth-order valence-electron chi connectivity index (χ4n) is 2.46. The molecule has 0 unspecified atom stereocenters. The number of rotatable bonds is 8. The molecule has 2 aromatic carbocycles. The smallest absolute Gasteiger partial charge is 0.249 e. The molecule has 0 aliphatic carbocycles. The lowest BCUT2D eigenvalue weighted by Gasteiger charge is -2.11. The summed E-state index contributed by atoms with van der Waals surface area (Å²) in [5.41, 5.74) is 5.80. The van der Waals surface area contributed by atoms with Crippen molar-refractivity contribution in [3.8, 4) is 23.8 Å². The van der Waals surface area contributed by atoms with Crippen molar-refractivity contribution >= 4 is 39.6 Å². The van der Waals surface area contributed by atoms with Crippen LogP contribution in [0.5, 0.6) is 11.5 Å². The first-order valence-corrected chi connectivity index (χ1v) is 9.76. The highest BCUT2D eigenvalue weighted by molar-refractivity contribution is 9.10. The predicted molar refractivity (Wildman–Crippen MR) is 120 cm³/mol. The van der Waals surface area contributed by atoms with Gasteiger partial charge in [0.05, 0.1) is 17.8 Å². The van der Waals surface area contributed by atoms with Crippen LogP contribution in [0.1, 0.15) is 23.1 Å². The number of hydrazone groups is 1. The first kappa shape index (κ1) is 23.0. The Morgan fingerprint density at radius 2 is 1.97 bits per heavy atom. The van der Waals surface area contributed by atoms with Crippen LogP contribution in [-0.2, 0) is 9.59 Å². The lowest BCUT2D eigenvalue weighted by atomic mass is 10.1. The number of benzene rings is 2. The van der Waals surface area contributed by atoms with Crippen molar-refractivity contribution < 1.29 is 19.1 Å². The Kier molecular flexibility index (Phi) is 8.44. The highest BCUT2D eigenvalue weighted by atomic mass is 79.9. The van der Waals surface area contributed by atoms with E-state index in [0.29, 0.717) is 27.2 Å². The number of nitrogens with one attached hydrogen (secondary N) is 2. The second kappa shape index (κ2) is 11.0. The molecule has 0 radical (unpaired) electrons. The average Bonchev–Trinajstić information content (AvgIpc) is 2.69. The average molecular weight is 472 g/mol. The van der Waals surface area contributed by atoms with E-state index in [0.717, 1.165) is 11.1 Å². The molecule has 30 heavy (non-hydrogen) atoms. The van der Waals surface area contributed by atoms with Crippen molar-refractivity contribution in [1.82, 2.24) is 5.43 Å². The van der Waals surface area contributed by atoms with Gasteiger partial charge in [-0.15, -0.1) is 6.42 Å². The maximum absolute atomic E-state index is 12.0. The van der Waals surface area contributed by atoms with Gasteiger partial charge in [-0.05, 0) is 70.7 Å². The van der Waals surface area contributed by atoms with Gasteiger partial charge < -0.3 is 14.8 Å². The van der Waals surface area contributed by atoms with Gasteiger partial charge in [0.2, 0.25) is 11.8 Å².